The van der Waals surface area contributed by atoms with E-state index in [0.717, 1.165) is 75.2 Å². The zero-order valence-corrected chi connectivity index (χ0v) is 26.5. The number of carbonyl (C=O) groups excluding carboxylic acids is 1. The summed E-state index contributed by atoms with van der Waals surface area (Å²) in [7, 11) is 3.45. The summed E-state index contributed by atoms with van der Waals surface area (Å²) < 4.78 is 6.91. The first-order chi connectivity index (χ1) is 19.7. The van der Waals surface area contributed by atoms with Crippen LogP contribution in [0.25, 0.3) is 11.3 Å². The molecule has 0 atom stereocenters. The summed E-state index contributed by atoms with van der Waals surface area (Å²) in [5.74, 6) is 1.41. The second-order valence-corrected chi connectivity index (χ2v) is 13.3. The van der Waals surface area contributed by atoms with Crippen LogP contribution in [-0.2, 0) is 18.2 Å². The van der Waals surface area contributed by atoms with Crippen LogP contribution in [0.2, 0.25) is 5.02 Å². The van der Waals surface area contributed by atoms with Gasteiger partial charge in [0.2, 0.25) is 5.95 Å². The van der Waals surface area contributed by atoms with Crippen LogP contribution in [-0.4, -0.2) is 68.6 Å². The Balaban J connectivity index is 1.13. The maximum Gasteiger partial charge on any atom is 0.409 e. The van der Waals surface area contributed by atoms with Crippen LogP contribution in [0.3, 0.4) is 0 Å². The molecular formula is C31H50ClN7O2. The van der Waals surface area contributed by atoms with Crippen molar-refractivity contribution in [1.29, 1.82) is 0 Å². The molecule has 1 amide bonds. The molecule has 2 aromatic rings. The second kappa shape index (κ2) is 14.7. The van der Waals surface area contributed by atoms with Crippen molar-refractivity contribution in [2.45, 2.75) is 115 Å². The molecule has 0 unspecified atom stereocenters. The summed E-state index contributed by atoms with van der Waals surface area (Å²) >= 11 is 6.55. The molecule has 4 rings (SSSR count). The van der Waals surface area contributed by atoms with E-state index in [2.05, 4.69) is 41.5 Å². The van der Waals surface area contributed by atoms with Gasteiger partial charge in [0.25, 0.3) is 0 Å². The highest BCUT2D eigenvalue weighted by Gasteiger charge is 2.28. The Hall–Kier alpha value is -2.39. The van der Waals surface area contributed by atoms with Gasteiger partial charge < -0.3 is 20.3 Å². The smallest absolute Gasteiger partial charge is 0.409 e. The first-order valence-electron chi connectivity index (χ1n) is 15.5. The monoisotopic (exact) mass is 587 g/mol. The van der Waals surface area contributed by atoms with Gasteiger partial charge in [-0.15, -0.1) is 0 Å². The van der Waals surface area contributed by atoms with E-state index in [1.807, 2.05) is 22.8 Å². The zero-order chi connectivity index (χ0) is 29.4. The van der Waals surface area contributed by atoms with Crippen molar-refractivity contribution in [2.75, 3.05) is 25.5 Å². The van der Waals surface area contributed by atoms with Gasteiger partial charge in [-0.1, -0.05) is 30.9 Å². The van der Waals surface area contributed by atoms with Gasteiger partial charge in [-0.2, -0.15) is 5.10 Å². The highest BCUT2D eigenvalue weighted by molar-refractivity contribution is 6.32. The highest BCUT2D eigenvalue weighted by atomic mass is 35.5. The summed E-state index contributed by atoms with van der Waals surface area (Å²) in [5.41, 5.74) is 2.79. The van der Waals surface area contributed by atoms with Crippen molar-refractivity contribution < 1.29 is 9.53 Å². The standard InChI is InChI=1S/C31H50ClN7O2/c1-31(2,3)39(30(40)41-5)18-10-8-6-7-9-17-33-23-13-15-24(16-14-23)36-29-34-21-26(32)28(37-29)25-20-35-38(4)27(25)19-22-11-12-22/h20-24,33H,6-19H2,1-5H3,(H,34,36,37). The minimum absolute atomic E-state index is 0.213. The highest BCUT2D eigenvalue weighted by Crippen LogP contribution is 2.37. The number of aromatic nitrogens is 4. The average Bonchev–Trinajstić information content (AvgIpc) is 3.70. The van der Waals surface area contributed by atoms with Gasteiger partial charge in [-0.3, -0.25) is 4.68 Å². The van der Waals surface area contributed by atoms with E-state index in [4.69, 9.17) is 21.3 Å². The molecule has 10 heteroatoms. The molecule has 2 aliphatic rings. The van der Waals surface area contributed by atoms with Crippen LogP contribution in [0.5, 0.6) is 0 Å². The molecule has 0 aliphatic heterocycles. The molecular weight excluding hydrogens is 538 g/mol. The summed E-state index contributed by atoms with van der Waals surface area (Å²) in [4.78, 5) is 23.2. The number of carbonyl (C=O) groups is 1. The predicted molar refractivity (Wildman–Crippen MR) is 165 cm³/mol. The van der Waals surface area contributed by atoms with Crippen molar-refractivity contribution in [3.05, 3.63) is 23.1 Å². The second-order valence-electron chi connectivity index (χ2n) is 12.9. The van der Waals surface area contributed by atoms with Crippen molar-refractivity contribution in [3.63, 3.8) is 0 Å². The number of rotatable bonds is 14. The van der Waals surface area contributed by atoms with Crippen molar-refractivity contribution in [1.82, 2.24) is 30.0 Å². The molecule has 9 nitrogen and oxygen atoms in total. The maximum atomic E-state index is 12.0. The quantitative estimate of drug-likeness (QED) is 0.240. The van der Waals surface area contributed by atoms with Crippen LogP contribution in [0, 0.1) is 5.92 Å². The summed E-state index contributed by atoms with van der Waals surface area (Å²) in [6.07, 6.45) is 17.2. The van der Waals surface area contributed by atoms with Crippen LogP contribution < -0.4 is 10.6 Å². The molecule has 2 aromatic heterocycles. The minimum atomic E-state index is -0.237. The third kappa shape index (κ3) is 9.30. The molecule has 2 saturated carbocycles. The number of unbranched alkanes of at least 4 members (excludes halogenated alkanes) is 4. The Labute approximate surface area is 251 Å². The van der Waals surface area contributed by atoms with Crippen LogP contribution in [0.1, 0.15) is 97.1 Å². The van der Waals surface area contributed by atoms with Crippen LogP contribution in [0.15, 0.2) is 12.4 Å². The molecule has 41 heavy (non-hydrogen) atoms. The molecule has 0 saturated heterocycles. The Kier molecular flexibility index (Phi) is 11.3. The fraction of sp³-hybridized carbons (Fsp3) is 0.742. The molecule has 0 spiro atoms. The maximum absolute atomic E-state index is 12.0. The molecule has 2 N–H and O–H groups in total. The first-order valence-corrected chi connectivity index (χ1v) is 15.9. The number of methoxy groups -OCH3 is 1. The third-order valence-corrected chi connectivity index (χ3v) is 8.77. The summed E-state index contributed by atoms with van der Waals surface area (Å²) in [6.45, 7) is 7.97. The van der Waals surface area contributed by atoms with E-state index in [9.17, 15) is 4.79 Å². The van der Waals surface area contributed by atoms with Crippen molar-refractivity contribution in [2.24, 2.45) is 13.0 Å². The lowest BCUT2D eigenvalue weighted by atomic mass is 9.91. The molecule has 0 bridgehead atoms. The van der Waals surface area contributed by atoms with Gasteiger partial charge >= 0.3 is 6.09 Å². The minimum Gasteiger partial charge on any atom is -0.453 e. The fourth-order valence-corrected chi connectivity index (χ4v) is 5.98. The normalized spacial score (nSPS) is 19.3. The zero-order valence-electron chi connectivity index (χ0n) is 25.7. The van der Waals surface area contributed by atoms with Gasteiger partial charge in [-0.25, -0.2) is 14.8 Å². The molecule has 0 radical (unpaired) electrons. The average molecular weight is 588 g/mol. The van der Waals surface area contributed by atoms with E-state index in [-0.39, 0.29) is 11.6 Å². The van der Waals surface area contributed by atoms with Gasteiger partial charge in [0.15, 0.2) is 0 Å². The van der Waals surface area contributed by atoms with Crippen molar-refractivity contribution >= 4 is 23.6 Å². The fourth-order valence-electron chi connectivity index (χ4n) is 5.79. The van der Waals surface area contributed by atoms with Crippen LogP contribution >= 0.6 is 11.6 Å². The van der Waals surface area contributed by atoms with Gasteiger partial charge in [0.1, 0.15) is 0 Å². The topological polar surface area (TPSA) is 97.2 Å². The first kappa shape index (κ1) is 31.5. The number of nitrogens with one attached hydrogen (secondary N) is 2. The van der Waals surface area contributed by atoms with E-state index < -0.39 is 0 Å². The Morgan fingerprint density at radius 1 is 1.05 bits per heavy atom. The summed E-state index contributed by atoms with van der Waals surface area (Å²) in [5, 5.41) is 12.4. The van der Waals surface area contributed by atoms with Crippen molar-refractivity contribution in [3.8, 4) is 11.3 Å². The Morgan fingerprint density at radius 2 is 1.73 bits per heavy atom. The van der Waals surface area contributed by atoms with E-state index >= 15 is 0 Å². The van der Waals surface area contributed by atoms with Gasteiger partial charge in [-0.05, 0) is 91.0 Å². The Bertz CT molecular complexity index is 1120. The number of aryl methyl sites for hydroxylation is 1. The predicted octanol–water partition coefficient (Wildman–Crippen LogP) is 6.61. The van der Waals surface area contributed by atoms with E-state index in [1.54, 1.807) is 6.20 Å². The number of halogens is 1. The number of nitrogens with zero attached hydrogens (tertiary/aromatic N) is 5. The van der Waals surface area contributed by atoms with Gasteiger partial charge in [0.05, 0.1) is 30.2 Å². The van der Waals surface area contributed by atoms with Crippen LogP contribution in [0.4, 0.5) is 10.7 Å². The number of ether oxygens (including phenoxy) is 1. The molecule has 2 heterocycles. The number of amides is 1. The van der Waals surface area contributed by atoms with E-state index in [1.165, 1.54) is 44.9 Å². The molecule has 228 valence electrons. The van der Waals surface area contributed by atoms with Gasteiger partial charge in [0, 0.05) is 42.5 Å². The summed E-state index contributed by atoms with van der Waals surface area (Å²) in [6, 6.07) is 0.954. The lowest BCUT2D eigenvalue weighted by Crippen LogP contribution is -2.46. The number of anilines is 1. The third-order valence-electron chi connectivity index (χ3n) is 8.50. The van der Waals surface area contributed by atoms with E-state index in [0.29, 0.717) is 23.1 Å². The number of hydrogen-bond acceptors (Lipinski definition) is 7. The largest absolute Gasteiger partial charge is 0.453 e. The molecule has 0 aromatic carbocycles. The SMILES string of the molecule is COC(=O)N(CCCCCCCNC1CCC(Nc2ncc(Cl)c(-c3cnn(C)c3CC3CC3)n2)CC1)C(C)(C)C. The lowest BCUT2D eigenvalue weighted by molar-refractivity contribution is 0.0825. The Morgan fingerprint density at radius 3 is 2.41 bits per heavy atom. The molecule has 2 aliphatic carbocycles. The molecule has 2 fully saturated rings. The number of hydrogen-bond donors (Lipinski definition) is 2. The lowest BCUT2D eigenvalue weighted by Gasteiger charge is -2.34.